The first-order chi connectivity index (χ1) is 9.60. The molecule has 0 aliphatic carbocycles. The number of rotatable bonds is 4. The van der Waals surface area contributed by atoms with Gasteiger partial charge in [0.15, 0.2) is 0 Å². The van der Waals surface area contributed by atoms with Gasteiger partial charge in [-0.25, -0.2) is 0 Å². The molecule has 0 fully saturated rings. The number of aromatic nitrogens is 3. The van der Waals surface area contributed by atoms with Gasteiger partial charge >= 0.3 is 0 Å². The van der Waals surface area contributed by atoms with Crippen molar-refractivity contribution in [2.24, 2.45) is 0 Å². The van der Waals surface area contributed by atoms with E-state index >= 15 is 0 Å². The number of fused-ring (bicyclic) bond motifs is 1. The Hall–Kier alpha value is -2.10. The van der Waals surface area contributed by atoms with Gasteiger partial charge in [-0.3, -0.25) is 0 Å². The first kappa shape index (κ1) is 12.9. The van der Waals surface area contributed by atoms with Crippen molar-refractivity contribution in [3.05, 3.63) is 47.8 Å². The third-order valence-corrected chi connectivity index (χ3v) is 3.95. The third-order valence-electron chi connectivity index (χ3n) is 3.95. The number of hydrogen-bond donors (Lipinski definition) is 1. The molecule has 4 nitrogen and oxygen atoms in total. The second-order valence-corrected chi connectivity index (χ2v) is 5.77. The molecule has 0 radical (unpaired) electrons. The van der Waals surface area contributed by atoms with Gasteiger partial charge in [0.2, 0.25) is 11.8 Å². The van der Waals surface area contributed by atoms with Crippen LogP contribution in [-0.4, -0.2) is 15.2 Å². The molecule has 0 saturated carbocycles. The summed E-state index contributed by atoms with van der Waals surface area (Å²) in [5.74, 6) is 1.39. The molecule has 2 aromatic heterocycles. The van der Waals surface area contributed by atoms with Crippen molar-refractivity contribution in [3.8, 4) is 0 Å². The number of benzene rings is 1. The Morgan fingerprint density at radius 3 is 2.80 bits per heavy atom. The van der Waals surface area contributed by atoms with Crippen LogP contribution in [0.25, 0.3) is 10.9 Å². The van der Waals surface area contributed by atoms with E-state index in [-0.39, 0.29) is 5.41 Å². The standard InChI is InChI=1S/C16H19N3O/c1-4-16(2,3)15-19-18-14(20-15)9-11-10-17-13-8-6-5-7-12(11)13/h5-8,10,17H,4,9H2,1-3H3. The maximum Gasteiger partial charge on any atom is 0.222 e. The van der Waals surface area contributed by atoms with E-state index in [9.17, 15) is 0 Å². The summed E-state index contributed by atoms with van der Waals surface area (Å²) in [5.41, 5.74) is 2.26. The van der Waals surface area contributed by atoms with Crippen LogP contribution in [0.15, 0.2) is 34.9 Å². The highest BCUT2D eigenvalue weighted by Crippen LogP contribution is 2.26. The first-order valence-corrected chi connectivity index (χ1v) is 6.98. The summed E-state index contributed by atoms with van der Waals surface area (Å²) in [4.78, 5) is 3.27. The van der Waals surface area contributed by atoms with Crippen molar-refractivity contribution in [2.75, 3.05) is 0 Å². The molecular weight excluding hydrogens is 250 g/mol. The molecule has 0 atom stereocenters. The van der Waals surface area contributed by atoms with Gasteiger partial charge in [-0.05, 0) is 18.1 Å². The highest BCUT2D eigenvalue weighted by Gasteiger charge is 2.25. The van der Waals surface area contributed by atoms with Gasteiger partial charge in [0, 0.05) is 22.5 Å². The fourth-order valence-corrected chi connectivity index (χ4v) is 2.19. The first-order valence-electron chi connectivity index (χ1n) is 6.98. The van der Waals surface area contributed by atoms with Crippen molar-refractivity contribution in [3.63, 3.8) is 0 Å². The predicted molar refractivity (Wildman–Crippen MR) is 78.7 cm³/mol. The Morgan fingerprint density at radius 2 is 2.00 bits per heavy atom. The molecule has 0 amide bonds. The summed E-state index contributed by atoms with van der Waals surface area (Å²) in [5, 5.41) is 9.58. The van der Waals surface area contributed by atoms with E-state index < -0.39 is 0 Å². The maximum absolute atomic E-state index is 5.83. The lowest BCUT2D eigenvalue weighted by Crippen LogP contribution is -2.15. The van der Waals surface area contributed by atoms with Crippen molar-refractivity contribution in [1.82, 2.24) is 15.2 Å². The zero-order valence-corrected chi connectivity index (χ0v) is 12.1. The number of hydrogen-bond acceptors (Lipinski definition) is 3. The third kappa shape index (κ3) is 2.22. The second kappa shape index (κ2) is 4.78. The molecule has 20 heavy (non-hydrogen) atoms. The topological polar surface area (TPSA) is 54.7 Å². The molecule has 0 bridgehead atoms. The SMILES string of the molecule is CCC(C)(C)c1nnc(Cc2c[nH]c3ccccc23)o1. The molecule has 3 aromatic rings. The monoisotopic (exact) mass is 269 g/mol. The summed E-state index contributed by atoms with van der Waals surface area (Å²) in [6, 6.07) is 8.24. The number of para-hydroxylation sites is 1. The fourth-order valence-electron chi connectivity index (χ4n) is 2.19. The molecule has 0 saturated heterocycles. The molecule has 1 N–H and O–H groups in total. The number of nitrogens with one attached hydrogen (secondary N) is 1. The normalized spacial score (nSPS) is 12.2. The van der Waals surface area contributed by atoms with Crippen LogP contribution in [0, 0.1) is 0 Å². The van der Waals surface area contributed by atoms with Crippen LogP contribution in [0.3, 0.4) is 0 Å². The van der Waals surface area contributed by atoms with Crippen LogP contribution < -0.4 is 0 Å². The van der Waals surface area contributed by atoms with Crippen molar-refractivity contribution >= 4 is 10.9 Å². The van der Waals surface area contributed by atoms with Gasteiger partial charge in [-0.2, -0.15) is 0 Å². The smallest absolute Gasteiger partial charge is 0.222 e. The van der Waals surface area contributed by atoms with Crippen LogP contribution >= 0.6 is 0 Å². The van der Waals surface area contributed by atoms with E-state index in [1.807, 2.05) is 18.3 Å². The van der Waals surface area contributed by atoms with E-state index in [4.69, 9.17) is 4.42 Å². The van der Waals surface area contributed by atoms with Crippen LogP contribution in [0.1, 0.15) is 44.5 Å². The molecule has 0 spiro atoms. The van der Waals surface area contributed by atoms with Crippen molar-refractivity contribution in [1.29, 1.82) is 0 Å². The zero-order chi connectivity index (χ0) is 14.2. The Labute approximate surface area is 118 Å². The van der Waals surface area contributed by atoms with E-state index in [0.717, 1.165) is 17.8 Å². The molecular formula is C16H19N3O. The van der Waals surface area contributed by atoms with Crippen LogP contribution in [0.4, 0.5) is 0 Å². The minimum absolute atomic E-state index is 0.0640. The minimum Gasteiger partial charge on any atom is -0.424 e. The average Bonchev–Trinajstić information content (AvgIpc) is 3.08. The maximum atomic E-state index is 5.83. The van der Waals surface area contributed by atoms with Crippen molar-refractivity contribution < 1.29 is 4.42 Å². The molecule has 104 valence electrons. The Balaban J connectivity index is 1.88. The average molecular weight is 269 g/mol. The summed E-state index contributed by atoms with van der Waals surface area (Å²) in [7, 11) is 0. The Kier molecular flexibility index (Phi) is 3.08. The number of nitrogens with zero attached hydrogens (tertiary/aromatic N) is 2. The largest absolute Gasteiger partial charge is 0.424 e. The van der Waals surface area contributed by atoms with Gasteiger partial charge in [0.05, 0.1) is 6.42 Å². The van der Waals surface area contributed by atoms with Gasteiger partial charge < -0.3 is 9.40 Å². The predicted octanol–water partition coefficient (Wildman–Crippen LogP) is 3.83. The second-order valence-electron chi connectivity index (χ2n) is 5.77. The summed E-state index contributed by atoms with van der Waals surface area (Å²) in [6.07, 6.45) is 3.65. The van der Waals surface area contributed by atoms with Crippen molar-refractivity contribution in [2.45, 2.75) is 39.0 Å². The molecule has 2 heterocycles. The lowest BCUT2D eigenvalue weighted by Gasteiger charge is -2.16. The van der Waals surface area contributed by atoms with Crippen LogP contribution in [0.5, 0.6) is 0 Å². The quantitative estimate of drug-likeness (QED) is 0.783. The van der Waals surface area contributed by atoms with E-state index in [2.05, 4.69) is 48.1 Å². The minimum atomic E-state index is -0.0640. The van der Waals surface area contributed by atoms with Gasteiger partial charge in [-0.1, -0.05) is 39.0 Å². The van der Waals surface area contributed by atoms with E-state index in [1.54, 1.807) is 0 Å². The molecule has 3 rings (SSSR count). The Morgan fingerprint density at radius 1 is 1.20 bits per heavy atom. The summed E-state index contributed by atoms with van der Waals surface area (Å²) in [6.45, 7) is 6.37. The summed E-state index contributed by atoms with van der Waals surface area (Å²) < 4.78 is 5.83. The molecule has 0 aliphatic rings. The zero-order valence-electron chi connectivity index (χ0n) is 12.1. The molecule has 1 aromatic carbocycles. The summed E-state index contributed by atoms with van der Waals surface area (Å²) >= 11 is 0. The highest BCUT2D eigenvalue weighted by molar-refractivity contribution is 5.83. The number of H-pyrrole nitrogens is 1. The van der Waals surface area contributed by atoms with E-state index in [1.165, 1.54) is 10.9 Å². The van der Waals surface area contributed by atoms with Gasteiger partial charge in [-0.15, -0.1) is 10.2 Å². The lowest BCUT2D eigenvalue weighted by atomic mass is 9.90. The fraction of sp³-hybridized carbons (Fsp3) is 0.375. The number of aromatic amines is 1. The molecule has 4 heteroatoms. The molecule has 0 aliphatic heterocycles. The van der Waals surface area contributed by atoms with Gasteiger partial charge in [0.1, 0.15) is 0 Å². The van der Waals surface area contributed by atoms with Crippen LogP contribution in [-0.2, 0) is 11.8 Å². The van der Waals surface area contributed by atoms with Gasteiger partial charge in [0.25, 0.3) is 0 Å². The lowest BCUT2D eigenvalue weighted by molar-refractivity contribution is 0.347. The molecule has 0 unspecified atom stereocenters. The highest BCUT2D eigenvalue weighted by atomic mass is 16.4. The van der Waals surface area contributed by atoms with E-state index in [0.29, 0.717) is 12.3 Å². The Bertz CT molecular complexity index is 724. The van der Waals surface area contributed by atoms with Crippen LogP contribution in [0.2, 0.25) is 0 Å².